The average molecular weight is 240 g/mol. The first kappa shape index (κ1) is 12.3. The van der Waals surface area contributed by atoms with Gasteiger partial charge in [0.15, 0.2) is 0 Å². The number of hydrazine groups is 1. The van der Waals surface area contributed by atoms with Crippen molar-refractivity contribution >= 4 is 0 Å². The van der Waals surface area contributed by atoms with Crippen molar-refractivity contribution < 1.29 is 13.9 Å². The Morgan fingerprint density at radius 3 is 3.00 bits per heavy atom. The van der Waals surface area contributed by atoms with Gasteiger partial charge in [0.05, 0.1) is 19.3 Å². The van der Waals surface area contributed by atoms with E-state index in [0.717, 1.165) is 19.4 Å². The molecule has 1 fully saturated rings. The standard InChI is InChI=1S/C12H17FN2O2/c1-16-10-5-4-8(13)7-9(10)12(15-14)11-3-2-6-17-11/h4-5,7,11-12,15H,2-3,6,14H2,1H3. The molecule has 1 aliphatic heterocycles. The van der Waals surface area contributed by atoms with Crippen LogP contribution in [0.15, 0.2) is 18.2 Å². The van der Waals surface area contributed by atoms with E-state index in [9.17, 15) is 4.39 Å². The Morgan fingerprint density at radius 2 is 2.41 bits per heavy atom. The van der Waals surface area contributed by atoms with Crippen molar-refractivity contribution in [2.45, 2.75) is 25.0 Å². The molecule has 0 aromatic heterocycles. The van der Waals surface area contributed by atoms with Crippen molar-refractivity contribution in [2.75, 3.05) is 13.7 Å². The zero-order valence-electron chi connectivity index (χ0n) is 9.78. The van der Waals surface area contributed by atoms with E-state index in [1.54, 1.807) is 13.2 Å². The lowest BCUT2D eigenvalue weighted by molar-refractivity contribution is 0.0774. The molecule has 2 rings (SSSR count). The molecule has 17 heavy (non-hydrogen) atoms. The van der Waals surface area contributed by atoms with Gasteiger partial charge in [-0.1, -0.05) is 0 Å². The fraction of sp³-hybridized carbons (Fsp3) is 0.500. The Labute approximate surface area is 99.9 Å². The van der Waals surface area contributed by atoms with Crippen LogP contribution in [0, 0.1) is 5.82 Å². The van der Waals surface area contributed by atoms with Gasteiger partial charge in [0.25, 0.3) is 0 Å². The lowest BCUT2D eigenvalue weighted by atomic mass is 9.99. The number of benzene rings is 1. The summed E-state index contributed by atoms with van der Waals surface area (Å²) in [4.78, 5) is 0. The van der Waals surface area contributed by atoms with Crippen LogP contribution in [0.5, 0.6) is 5.75 Å². The number of methoxy groups -OCH3 is 1. The van der Waals surface area contributed by atoms with Crippen LogP contribution in [0.3, 0.4) is 0 Å². The highest BCUT2D eigenvalue weighted by Crippen LogP contribution is 2.32. The number of hydrogen-bond donors (Lipinski definition) is 2. The SMILES string of the molecule is COc1ccc(F)cc1C(NN)C1CCCO1. The Balaban J connectivity index is 2.31. The van der Waals surface area contributed by atoms with Crippen molar-refractivity contribution in [3.63, 3.8) is 0 Å². The zero-order chi connectivity index (χ0) is 12.3. The molecule has 0 radical (unpaired) electrons. The van der Waals surface area contributed by atoms with Crippen LogP contribution in [-0.2, 0) is 4.74 Å². The fourth-order valence-corrected chi connectivity index (χ4v) is 2.21. The molecule has 0 saturated carbocycles. The molecule has 2 atom stereocenters. The van der Waals surface area contributed by atoms with Crippen molar-refractivity contribution in [3.05, 3.63) is 29.6 Å². The van der Waals surface area contributed by atoms with Crippen LogP contribution in [0.2, 0.25) is 0 Å². The summed E-state index contributed by atoms with van der Waals surface area (Å²) in [5.74, 6) is 5.86. The number of hydrogen-bond acceptors (Lipinski definition) is 4. The molecule has 0 aliphatic carbocycles. The topological polar surface area (TPSA) is 56.5 Å². The normalized spacial score (nSPS) is 21.5. The van der Waals surface area contributed by atoms with E-state index in [1.807, 2.05) is 0 Å². The van der Waals surface area contributed by atoms with E-state index in [2.05, 4.69) is 5.43 Å². The minimum absolute atomic E-state index is 0.0318. The second-order valence-electron chi connectivity index (χ2n) is 4.08. The van der Waals surface area contributed by atoms with E-state index < -0.39 is 0 Å². The first-order valence-corrected chi connectivity index (χ1v) is 5.67. The first-order chi connectivity index (χ1) is 8.26. The molecule has 0 amide bonds. The average Bonchev–Trinajstić information content (AvgIpc) is 2.84. The van der Waals surface area contributed by atoms with Gasteiger partial charge >= 0.3 is 0 Å². The van der Waals surface area contributed by atoms with Crippen molar-refractivity contribution in [1.29, 1.82) is 0 Å². The number of rotatable bonds is 4. The van der Waals surface area contributed by atoms with Gasteiger partial charge in [0, 0.05) is 12.2 Å². The third kappa shape index (κ3) is 2.57. The summed E-state index contributed by atoms with van der Waals surface area (Å²) >= 11 is 0. The molecule has 1 heterocycles. The first-order valence-electron chi connectivity index (χ1n) is 5.67. The van der Waals surface area contributed by atoms with Gasteiger partial charge in [0.2, 0.25) is 0 Å². The van der Waals surface area contributed by atoms with Crippen LogP contribution in [-0.4, -0.2) is 19.8 Å². The second kappa shape index (κ2) is 5.44. The molecule has 0 spiro atoms. The van der Waals surface area contributed by atoms with Crippen LogP contribution >= 0.6 is 0 Å². The molecule has 3 N–H and O–H groups in total. The summed E-state index contributed by atoms with van der Waals surface area (Å²) < 4.78 is 24.1. The maximum absolute atomic E-state index is 13.3. The summed E-state index contributed by atoms with van der Waals surface area (Å²) in [5, 5.41) is 0. The van der Waals surface area contributed by atoms with Gasteiger partial charge in [0.1, 0.15) is 11.6 Å². The van der Waals surface area contributed by atoms with E-state index in [0.29, 0.717) is 11.3 Å². The Hall–Kier alpha value is -1.17. The van der Waals surface area contributed by atoms with Gasteiger partial charge in [-0.25, -0.2) is 4.39 Å². The minimum atomic E-state index is -0.306. The number of nitrogens with two attached hydrogens (primary N) is 1. The molecule has 0 bridgehead atoms. The molecular formula is C12H17FN2O2. The minimum Gasteiger partial charge on any atom is -0.496 e. The van der Waals surface area contributed by atoms with E-state index in [1.165, 1.54) is 12.1 Å². The van der Waals surface area contributed by atoms with Crippen LogP contribution < -0.4 is 16.0 Å². The lowest BCUT2D eigenvalue weighted by Crippen LogP contribution is -2.36. The number of halogens is 1. The third-order valence-electron chi connectivity index (χ3n) is 3.04. The van der Waals surface area contributed by atoms with E-state index in [-0.39, 0.29) is 18.0 Å². The predicted molar refractivity (Wildman–Crippen MR) is 62.0 cm³/mol. The maximum Gasteiger partial charge on any atom is 0.123 e. The van der Waals surface area contributed by atoms with Crippen molar-refractivity contribution in [1.82, 2.24) is 5.43 Å². The second-order valence-corrected chi connectivity index (χ2v) is 4.08. The molecular weight excluding hydrogens is 223 g/mol. The smallest absolute Gasteiger partial charge is 0.123 e. The van der Waals surface area contributed by atoms with Crippen LogP contribution in [0.4, 0.5) is 4.39 Å². The van der Waals surface area contributed by atoms with E-state index in [4.69, 9.17) is 15.3 Å². The van der Waals surface area contributed by atoms with Gasteiger partial charge in [-0.2, -0.15) is 0 Å². The quantitative estimate of drug-likeness (QED) is 0.619. The molecule has 94 valence electrons. The molecule has 1 saturated heterocycles. The lowest BCUT2D eigenvalue weighted by Gasteiger charge is -2.24. The summed E-state index contributed by atoms with van der Waals surface area (Å²) in [6.45, 7) is 0.723. The number of ether oxygens (including phenoxy) is 2. The molecule has 1 aliphatic rings. The summed E-state index contributed by atoms with van der Waals surface area (Å²) in [6, 6.07) is 4.16. The van der Waals surface area contributed by atoms with Crippen molar-refractivity contribution in [3.8, 4) is 5.75 Å². The molecule has 1 aromatic rings. The Morgan fingerprint density at radius 1 is 1.59 bits per heavy atom. The molecule has 5 heteroatoms. The molecule has 1 aromatic carbocycles. The fourth-order valence-electron chi connectivity index (χ4n) is 2.21. The van der Waals surface area contributed by atoms with Gasteiger partial charge in [-0.05, 0) is 31.0 Å². The molecule has 4 nitrogen and oxygen atoms in total. The summed E-state index contributed by atoms with van der Waals surface area (Å²) in [5.41, 5.74) is 3.39. The van der Waals surface area contributed by atoms with Gasteiger partial charge in [-0.15, -0.1) is 0 Å². The Bertz CT molecular complexity index is 381. The zero-order valence-corrected chi connectivity index (χ0v) is 9.78. The summed E-state index contributed by atoms with van der Waals surface area (Å²) in [7, 11) is 1.56. The number of nitrogens with one attached hydrogen (secondary N) is 1. The van der Waals surface area contributed by atoms with Crippen LogP contribution in [0.1, 0.15) is 24.4 Å². The highest BCUT2D eigenvalue weighted by molar-refractivity contribution is 5.37. The Kier molecular flexibility index (Phi) is 3.93. The van der Waals surface area contributed by atoms with Crippen molar-refractivity contribution in [2.24, 2.45) is 5.84 Å². The van der Waals surface area contributed by atoms with Crippen LogP contribution in [0.25, 0.3) is 0 Å². The molecule has 2 unspecified atom stereocenters. The highest BCUT2D eigenvalue weighted by atomic mass is 19.1. The predicted octanol–water partition coefficient (Wildman–Crippen LogP) is 1.52. The van der Waals surface area contributed by atoms with Gasteiger partial charge < -0.3 is 9.47 Å². The van der Waals surface area contributed by atoms with E-state index >= 15 is 0 Å². The largest absolute Gasteiger partial charge is 0.496 e. The summed E-state index contributed by atoms with van der Waals surface area (Å²) in [6.07, 6.45) is 1.88. The van der Waals surface area contributed by atoms with Gasteiger partial charge in [-0.3, -0.25) is 11.3 Å². The maximum atomic E-state index is 13.3. The highest BCUT2D eigenvalue weighted by Gasteiger charge is 2.28. The third-order valence-corrected chi connectivity index (χ3v) is 3.04. The monoisotopic (exact) mass is 240 g/mol.